The molecule has 0 aliphatic carbocycles. The van der Waals surface area contributed by atoms with Gasteiger partial charge in [-0.15, -0.1) is 0 Å². The molecular weight excluding hydrogens is 208 g/mol. The Labute approximate surface area is 96.2 Å². The van der Waals surface area contributed by atoms with Crippen LogP contribution in [-0.2, 0) is 19.0 Å². The average molecular weight is 228 g/mol. The second-order valence-electron chi connectivity index (χ2n) is 4.89. The van der Waals surface area contributed by atoms with Crippen molar-refractivity contribution in [3.05, 3.63) is 0 Å². The van der Waals surface area contributed by atoms with Gasteiger partial charge < -0.3 is 14.2 Å². The quantitative estimate of drug-likeness (QED) is 0.544. The lowest BCUT2D eigenvalue weighted by atomic mass is 9.83. The summed E-state index contributed by atoms with van der Waals surface area (Å²) in [5, 5.41) is 0. The predicted octanol–water partition coefficient (Wildman–Crippen LogP) is 1.67. The molecule has 4 heteroatoms. The van der Waals surface area contributed by atoms with Crippen molar-refractivity contribution in [3.63, 3.8) is 0 Å². The molecule has 2 saturated heterocycles. The maximum atomic E-state index is 11.6. The van der Waals surface area contributed by atoms with E-state index < -0.39 is 0 Å². The molecule has 0 aromatic rings. The highest BCUT2D eigenvalue weighted by molar-refractivity contribution is 5.79. The first-order chi connectivity index (χ1) is 7.55. The van der Waals surface area contributed by atoms with E-state index in [0.717, 1.165) is 19.3 Å². The highest BCUT2D eigenvalue weighted by Gasteiger charge is 2.64. The molecular formula is C12H20O4. The summed E-state index contributed by atoms with van der Waals surface area (Å²) in [6, 6.07) is 0. The lowest BCUT2D eigenvalue weighted by Crippen LogP contribution is -2.42. The van der Waals surface area contributed by atoms with Crippen molar-refractivity contribution in [1.82, 2.24) is 0 Å². The molecule has 2 aliphatic rings. The summed E-state index contributed by atoms with van der Waals surface area (Å²) in [5.41, 5.74) is -0.450. The van der Waals surface area contributed by atoms with E-state index in [1.807, 2.05) is 6.92 Å². The molecule has 3 atom stereocenters. The molecule has 2 rings (SSSR count). The molecule has 2 fully saturated rings. The van der Waals surface area contributed by atoms with Gasteiger partial charge in [0.15, 0.2) is 6.10 Å². The molecule has 0 amide bonds. The second kappa shape index (κ2) is 4.00. The maximum Gasteiger partial charge on any atom is 0.338 e. The fourth-order valence-corrected chi connectivity index (χ4v) is 2.48. The van der Waals surface area contributed by atoms with E-state index in [1.165, 1.54) is 0 Å². The van der Waals surface area contributed by atoms with Gasteiger partial charge >= 0.3 is 5.97 Å². The van der Waals surface area contributed by atoms with Crippen molar-refractivity contribution in [3.8, 4) is 0 Å². The van der Waals surface area contributed by atoms with Crippen LogP contribution in [0.5, 0.6) is 0 Å². The Kier molecular flexibility index (Phi) is 2.97. The van der Waals surface area contributed by atoms with Gasteiger partial charge in [0.05, 0.1) is 18.8 Å². The van der Waals surface area contributed by atoms with E-state index in [9.17, 15) is 4.79 Å². The number of carbonyl (C=O) groups is 1. The van der Waals surface area contributed by atoms with Crippen LogP contribution < -0.4 is 0 Å². The van der Waals surface area contributed by atoms with E-state index in [-0.39, 0.29) is 23.3 Å². The third-order valence-electron chi connectivity index (χ3n) is 3.67. The topological polar surface area (TPSA) is 48.1 Å². The van der Waals surface area contributed by atoms with Crippen LogP contribution in [0.3, 0.4) is 0 Å². The summed E-state index contributed by atoms with van der Waals surface area (Å²) in [6.07, 6.45) is 2.17. The van der Waals surface area contributed by atoms with Crippen LogP contribution in [-0.4, -0.2) is 36.5 Å². The van der Waals surface area contributed by atoms with Gasteiger partial charge in [-0.2, -0.15) is 0 Å². The van der Waals surface area contributed by atoms with Gasteiger partial charge in [-0.3, -0.25) is 0 Å². The predicted molar refractivity (Wildman–Crippen MR) is 58.1 cm³/mol. The first-order valence-electron chi connectivity index (χ1n) is 6.04. The molecule has 0 aromatic carbocycles. The number of epoxide rings is 1. The van der Waals surface area contributed by atoms with Gasteiger partial charge in [-0.25, -0.2) is 4.79 Å². The van der Waals surface area contributed by atoms with Gasteiger partial charge in [0.25, 0.3) is 0 Å². The van der Waals surface area contributed by atoms with Gasteiger partial charge in [0.2, 0.25) is 0 Å². The van der Waals surface area contributed by atoms with Gasteiger partial charge in [0.1, 0.15) is 5.60 Å². The van der Waals surface area contributed by atoms with Crippen molar-refractivity contribution in [2.45, 2.75) is 57.3 Å². The van der Waals surface area contributed by atoms with Crippen molar-refractivity contribution in [2.24, 2.45) is 0 Å². The molecule has 0 aromatic heterocycles. The molecule has 4 nitrogen and oxygen atoms in total. The SMILES string of the molecule is CCOC(=O)[C@@H]1O[C@]12CCO[C@](C)(CC)C2. The Morgan fingerprint density at radius 1 is 1.50 bits per heavy atom. The van der Waals surface area contributed by atoms with E-state index >= 15 is 0 Å². The lowest BCUT2D eigenvalue weighted by Gasteiger charge is -2.36. The van der Waals surface area contributed by atoms with E-state index in [4.69, 9.17) is 14.2 Å². The summed E-state index contributed by atoms with van der Waals surface area (Å²) in [4.78, 5) is 11.6. The van der Waals surface area contributed by atoms with Crippen LogP contribution >= 0.6 is 0 Å². The van der Waals surface area contributed by atoms with Gasteiger partial charge in [-0.05, 0) is 20.3 Å². The largest absolute Gasteiger partial charge is 0.464 e. The van der Waals surface area contributed by atoms with Gasteiger partial charge in [-0.1, -0.05) is 6.92 Å². The Morgan fingerprint density at radius 2 is 2.25 bits per heavy atom. The standard InChI is InChI=1S/C12H20O4/c1-4-11(3)8-12(6-7-15-11)9(16-12)10(13)14-5-2/h9H,4-8H2,1-3H3/t9-,11+,12-/m0/s1. The van der Waals surface area contributed by atoms with Crippen LogP contribution in [0.25, 0.3) is 0 Å². The molecule has 2 heterocycles. The van der Waals surface area contributed by atoms with Crippen LogP contribution in [0.1, 0.15) is 40.0 Å². The number of hydrogen-bond acceptors (Lipinski definition) is 4. The van der Waals surface area contributed by atoms with Crippen LogP contribution in [0.15, 0.2) is 0 Å². The van der Waals surface area contributed by atoms with Crippen molar-refractivity contribution in [2.75, 3.05) is 13.2 Å². The first kappa shape index (κ1) is 11.9. The molecule has 0 bridgehead atoms. The minimum Gasteiger partial charge on any atom is -0.464 e. The minimum atomic E-state index is -0.359. The summed E-state index contributed by atoms with van der Waals surface area (Å²) < 4.78 is 16.3. The Hall–Kier alpha value is -0.610. The highest BCUT2D eigenvalue weighted by atomic mass is 16.7. The highest BCUT2D eigenvalue weighted by Crippen LogP contribution is 2.50. The summed E-state index contributed by atoms with van der Waals surface area (Å²) in [7, 11) is 0. The average Bonchev–Trinajstić information content (AvgIpc) is 2.92. The smallest absolute Gasteiger partial charge is 0.338 e. The summed E-state index contributed by atoms with van der Waals surface area (Å²) >= 11 is 0. The number of rotatable bonds is 3. The summed E-state index contributed by atoms with van der Waals surface area (Å²) in [6.45, 7) is 7.07. The summed E-state index contributed by atoms with van der Waals surface area (Å²) in [5.74, 6) is -0.220. The van der Waals surface area contributed by atoms with Crippen LogP contribution in [0.4, 0.5) is 0 Å². The Morgan fingerprint density at radius 3 is 2.88 bits per heavy atom. The van der Waals surface area contributed by atoms with E-state index in [0.29, 0.717) is 13.2 Å². The van der Waals surface area contributed by atoms with E-state index in [2.05, 4.69) is 13.8 Å². The number of carbonyl (C=O) groups excluding carboxylic acids is 1. The zero-order chi connectivity index (χ0) is 11.8. The normalized spacial score (nSPS) is 42.1. The van der Waals surface area contributed by atoms with Crippen molar-refractivity contribution in [1.29, 1.82) is 0 Å². The first-order valence-corrected chi connectivity index (χ1v) is 6.04. The van der Waals surface area contributed by atoms with Crippen LogP contribution in [0, 0.1) is 0 Å². The molecule has 0 N–H and O–H groups in total. The lowest BCUT2D eigenvalue weighted by molar-refractivity contribution is -0.144. The molecule has 2 aliphatic heterocycles. The van der Waals surface area contributed by atoms with E-state index in [1.54, 1.807) is 0 Å². The maximum absolute atomic E-state index is 11.6. The number of hydrogen-bond donors (Lipinski definition) is 0. The molecule has 92 valence electrons. The molecule has 1 spiro atoms. The fraction of sp³-hybridized carbons (Fsp3) is 0.917. The second-order valence-corrected chi connectivity index (χ2v) is 4.89. The monoisotopic (exact) mass is 228 g/mol. The molecule has 16 heavy (non-hydrogen) atoms. The Bertz CT molecular complexity index is 291. The molecule has 0 unspecified atom stereocenters. The van der Waals surface area contributed by atoms with Gasteiger partial charge in [0, 0.05) is 12.8 Å². The molecule has 0 radical (unpaired) electrons. The molecule has 0 saturated carbocycles. The zero-order valence-corrected chi connectivity index (χ0v) is 10.2. The van der Waals surface area contributed by atoms with Crippen molar-refractivity contribution >= 4 is 5.97 Å². The zero-order valence-electron chi connectivity index (χ0n) is 10.2. The number of ether oxygens (including phenoxy) is 3. The third-order valence-corrected chi connectivity index (χ3v) is 3.67. The Balaban J connectivity index is 1.99. The van der Waals surface area contributed by atoms with Crippen LogP contribution in [0.2, 0.25) is 0 Å². The third kappa shape index (κ3) is 1.96. The number of esters is 1. The fourth-order valence-electron chi connectivity index (χ4n) is 2.48. The minimum absolute atomic E-state index is 0.153. The van der Waals surface area contributed by atoms with Crippen molar-refractivity contribution < 1.29 is 19.0 Å².